The number of amides is 1. The van der Waals surface area contributed by atoms with E-state index in [0.29, 0.717) is 16.4 Å². The van der Waals surface area contributed by atoms with Crippen molar-refractivity contribution in [1.82, 2.24) is 10.2 Å². The average Bonchev–Trinajstić information content (AvgIpc) is 3.11. The Morgan fingerprint density at radius 2 is 1.92 bits per heavy atom. The zero-order valence-corrected chi connectivity index (χ0v) is 14.8. The van der Waals surface area contributed by atoms with Crippen LogP contribution in [0.4, 0.5) is 5.69 Å². The topological polar surface area (TPSA) is 57.8 Å². The van der Waals surface area contributed by atoms with Crippen LogP contribution < -0.4 is 5.32 Å². The molecule has 3 aromatic rings. The van der Waals surface area contributed by atoms with E-state index in [2.05, 4.69) is 22.4 Å². The summed E-state index contributed by atoms with van der Waals surface area (Å²) < 4.78 is 0. The van der Waals surface area contributed by atoms with Crippen molar-refractivity contribution in [1.29, 1.82) is 0 Å². The maximum atomic E-state index is 12.4. The predicted octanol–water partition coefficient (Wildman–Crippen LogP) is 5.33. The van der Waals surface area contributed by atoms with Gasteiger partial charge >= 0.3 is 0 Å². The van der Waals surface area contributed by atoms with E-state index in [9.17, 15) is 4.79 Å². The largest absolute Gasteiger partial charge is 0.321 e. The summed E-state index contributed by atoms with van der Waals surface area (Å²) in [5, 5.41) is 10.4. The van der Waals surface area contributed by atoms with Crippen molar-refractivity contribution in [2.75, 3.05) is 5.32 Å². The van der Waals surface area contributed by atoms with Crippen LogP contribution >= 0.6 is 11.6 Å². The van der Waals surface area contributed by atoms with Crippen molar-refractivity contribution in [2.45, 2.75) is 26.2 Å². The number of benzene rings is 2. The Kier molecular flexibility index (Phi) is 5.51. The number of nitrogens with zero attached hydrogens (tertiary/aromatic N) is 1. The number of H-pyrrole nitrogens is 1. The Labute approximate surface area is 152 Å². The lowest BCUT2D eigenvalue weighted by Gasteiger charge is -2.05. The van der Waals surface area contributed by atoms with Gasteiger partial charge in [0.2, 0.25) is 0 Å². The van der Waals surface area contributed by atoms with Gasteiger partial charge in [-0.2, -0.15) is 5.10 Å². The summed E-state index contributed by atoms with van der Waals surface area (Å²) in [5.41, 5.74) is 3.87. The molecule has 5 heteroatoms. The Morgan fingerprint density at radius 3 is 2.64 bits per heavy atom. The van der Waals surface area contributed by atoms with Crippen LogP contribution in [0.15, 0.2) is 54.6 Å². The molecule has 0 saturated heterocycles. The Balaban J connectivity index is 1.69. The number of anilines is 1. The first-order valence-corrected chi connectivity index (χ1v) is 8.76. The van der Waals surface area contributed by atoms with Crippen LogP contribution in [0.3, 0.4) is 0 Å². The average molecular weight is 354 g/mol. The number of unbranched alkanes of at least 4 members (excludes halogenated alkanes) is 1. The molecule has 128 valence electrons. The monoisotopic (exact) mass is 353 g/mol. The third-order valence-electron chi connectivity index (χ3n) is 4.00. The molecule has 2 aromatic carbocycles. The maximum absolute atomic E-state index is 12.4. The first kappa shape index (κ1) is 17.2. The van der Waals surface area contributed by atoms with Crippen molar-refractivity contribution in [3.8, 4) is 11.3 Å². The van der Waals surface area contributed by atoms with Gasteiger partial charge in [0.15, 0.2) is 0 Å². The number of hydrogen-bond acceptors (Lipinski definition) is 2. The number of carbonyl (C=O) groups is 1. The zero-order valence-electron chi connectivity index (χ0n) is 14.1. The summed E-state index contributed by atoms with van der Waals surface area (Å²) in [4.78, 5) is 12.4. The van der Waals surface area contributed by atoms with Crippen LogP contribution in [0.5, 0.6) is 0 Å². The van der Waals surface area contributed by atoms with Crippen LogP contribution in [0.2, 0.25) is 5.02 Å². The van der Waals surface area contributed by atoms with E-state index >= 15 is 0 Å². The fourth-order valence-corrected chi connectivity index (χ4v) is 2.81. The molecule has 0 fully saturated rings. The van der Waals surface area contributed by atoms with E-state index in [1.165, 1.54) is 18.4 Å². The molecule has 4 nitrogen and oxygen atoms in total. The maximum Gasteiger partial charge on any atom is 0.273 e. The quantitative estimate of drug-likeness (QED) is 0.629. The van der Waals surface area contributed by atoms with Gasteiger partial charge in [-0.25, -0.2) is 0 Å². The minimum atomic E-state index is -0.230. The number of aromatic nitrogens is 2. The van der Waals surface area contributed by atoms with Crippen molar-refractivity contribution in [3.63, 3.8) is 0 Å². The molecule has 1 amide bonds. The summed E-state index contributed by atoms with van der Waals surface area (Å²) in [5.74, 6) is -0.230. The second-order valence-electron chi connectivity index (χ2n) is 5.90. The summed E-state index contributed by atoms with van der Waals surface area (Å²) >= 11 is 6.17. The lowest BCUT2D eigenvalue weighted by atomic mass is 10.1. The molecule has 25 heavy (non-hydrogen) atoms. The standard InChI is InChI=1S/C20H20ClN3O/c1-2-3-6-14-9-11-15(12-10-14)22-20(25)19-13-18(23-24-19)16-7-4-5-8-17(16)21/h4-5,7-13H,2-3,6H2,1H3,(H,22,25)(H,23,24). The van der Waals surface area contributed by atoms with Gasteiger partial charge in [0.1, 0.15) is 5.69 Å². The molecule has 0 saturated carbocycles. The van der Waals surface area contributed by atoms with E-state index in [-0.39, 0.29) is 5.91 Å². The van der Waals surface area contributed by atoms with Gasteiger partial charge in [0.05, 0.1) is 10.7 Å². The summed E-state index contributed by atoms with van der Waals surface area (Å²) in [6.07, 6.45) is 3.41. The van der Waals surface area contributed by atoms with Crippen LogP contribution in [0.25, 0.3) is 11.3 Å². The lowest BCUT2D eigenvalue weighted by Crippen LogP contribution is -2.12. The molecular formula is C20H20ClN3O. The van der Waals surface area contributed by atoms with Gasteiger partial charge in [-0.15, -0.1) is 0 Å². The van der Waals surface area contributed by atoms with E-state index in [0.717, 1.165) is 17.7 Å². The molecule has 0 aliphatic rings. The molecule has 0 radical (unpaired) electrons. The summed E-state index contributed by atoms with van der Waals surface area (Å²) in [6.45, 7) is 2.18. The number of aryl methyl sites for hydroxylation is 1. The van der Waals surface area contributed by atoms with Gasteiger partial charge in [-0.05, 0) is 42.7 Å². The fourth-order valence-electron chi connectivity index (χ4n) is 2.58. The van der Waals surface area contributed by atoms with Crippen LogP contribution in [0.1, 0.15) is 35.8 Å². The second kappa shape index (κ2) is 7.99. The highest BCUT2D eigenvalue weighted by Gasteiger charge is 2.13. The molecule has 0 unspecified atom stereocenters. The second-order valence-corrected chi connectivity index (χ2v) is 6.31. The number of carbonyl (C=O) groups excluding carboxylic acids is 1. The molecule has 3 rings (SSSR count). The number of halogens is 1. The lowest BCUT2D eigenvalue weighted by molar-refractivity contribution is 0.102. The van der Waals surface area contributed by atoms with Gasteiger partial charge in [-0.1, -0.05) is 55.3 Å². The number of nitrogens with one attached hydrogen (secondary N) is 2. The third-order valence-corrected chi connectivity index (χ3v) is 4.33. The van der Waals surface area contributed by atoms with Crippen molar-refractivity contribution >= 4 is 23.2 Å². The Bertz CT molecular complexity index is 855. The molecule has 0 aliphatic heterocycles. The Hall–Kier alpha value is -2.59. The summed E-state index contributed by atoms with van der Waals surface area (Å²) in [6, 6.07) is 17.1. The SMILES string of the molecule is CCCCc1ccc(NC(=O)c2cc(-c3ccccc3Cl)n[nH]2)cc1. The van der Waals surface area contributed by atoms with Gasteiger partial charge in [0.25, 0.3) is 5.91 Å². The highest BCUT2D eigenvalue weighted by atomic mass is 35.5. The van der Waals surface area contributed by atoms with E-state index < -0.39 is 0 Å². The van der Waals surface area contributed by atoms with Gasteiger partial charge < -0.3 is 5.32 Å². The molecular weight excluding hydrogens is 334 g/mol. The minimum absolute atomic E-state index is 0.230. The predicted molar refractivity (Wildman–Crippen MR) is 102 cm³/mol. The number of hydrogen-bond donors (Lipinski definition) is 2. The normalized spacial score (nSPS) is 10.6. The van der Waals surface area contributed by atoms with E-state index in [1.54, 1.807) is 12.1 Å². The zero-order chi connectivity index (χ0) is 17.6. The fraction of sp³-hybridized carbons (Fsp3) is 0.200. The molecule has 0 bridgehead atoms. The van der Waals surface area contributed by atoms with E-state index in [1.807, 2.05) is 42.5 Å². The first-order valence-electron chi connectivity index (χ1n) is 8.38. The van der Waals surface area contributed by atoms with Gasteiger partial charge in [0, 0.05) is 11.3 Å². The van der Waals surface area contributed by atoms with Crippen molar-refractivity contribution in [2.24, 2.45) is 0 Å². The summed E-state index contributed by atoms with van der Waals surface area (Å²) in [7, 11) is 0. The van der Waals surface area contributed by atoms with Crippen molar-refractivity contribution < 1.29 is 4.79 Å². The molecule has 0 atom stereocenters. The molecule has 2 N–H and O–H groups in total. The van der Waals surface area contributed by atoms with Crippen molar-refractivity contribution in [3.05, 3.63) is 70.9 Å². The molecule has 0 aliphatic carbocycles. The van der Waals surface area contributed by atoms with Crippen LogP contribution in [-0.4, -0.2) is 16.1 Å². The van der Waals surface area contributed by atoms with Crippen LogP contribution in [-0.2, 0) is 6.42 Å². The van der Waals surface area contributed by atoms with Gasteiger partial charge in [-0.3, -0.25) is 9.89 Å². The first-order chi connectivity index (χ1) is 12.2. The third kappa shape index (κ3) is 4.28. The molecule has 1 aromatic heterocycles. The number of aromatic amines is 1. The van der Waals surface area contributed by atoms with E-state index in [4.69, 9.17) is 11.6 Å². The smallest absolute Gasteiger partial charge is 0.273 e. The van der Waals surface area contributed by atoms with Crippen LogP contribution in [0, 0.1) is 0 Å². The highest BCUT2D eigenvalue weighted by molar-refractivity contribution is 6.33. The minimum Gasteiger partial charge on any atom is -0.321 e. The number of rotatable bonds is 6. The molecule has 0 spiro atoms. The highest BCUT2D eigenvalue weighted by Crippen LogP contribution is 2.26. The Morgan fingerprint density at radius 1 is 1.16 bits per heavy atom. The molecule has 1 heterocycles.